The van der Waals surface area contributed by atoms with Crippen LogP contribution in [0.3, 0.4) is 0 Å². The predicted octanol–water partition coefficient (Wildman–Crippen LogP) is 2.69. The number of nitrogens with zero attached hydrogens (tertiary/aromatic N) is 5. The largest absolute Gasteiger partial charge is 0.493 e. The number of anilines is 1. The van der Waals surface area contributed by atoms with E-state index in [1.807, 2.05) is 44.2 Å². The Hall–Kier alpha value is -4.80. The fourth-order valence-corrected chi connectivity index (χ4v) is 4.39. The molecule has 0 bridgehead atoms. The van der Waals surface area contributed by atoms with Crippen molar-refractivity contribution >= 4 is 17.6 Å². The monoisotopic (exact) mass is 499 g/mol. The van der Waals surface area contributed by atoms with Gasteiger partial charge in [-0.25, -0.2) is 4.98 Å². The average Bonchev–Trinajstić information content (AvgIpc) is 3.23. The summed E-state index contributed by atoms with van der Waals surface area (Å²) in [5.41, 5.74) is 10.3. The molecular formula is C26H25N7O4. The molecule has 1 atom stereocenters. The smallest absolute Gasteiger partial charge is 0.272 e. The van der Waals surface area contributed by atoms with Crippen LogP contribution in [-0.4, -0.2) is 50.5 Å². The van der Waals surface area contributed by atoms with E-state index in [1.165, 1.54) is 11.8 Å². The molecule has 1 aliphatic rings. The molecule has 4 aromatic rings. The van der Waals surface area contributed by atoms with Crippen LogP contribution in [0.25, 0.3) is 17.2 Å². The maximum absolute atomic E-state index is 12.8. The first-order chi connectivity index (χ1) is 17.8. The molecule has 3 heterocycles. The van der Waals surface area contributed by atoms with Crippen molar-refractivity contribution in [3.63, 3.8) is 0 Å². The summed E-state index contributed by atoms with van der Waals surface area (Å²) in [7, 11) is 1.50. The molecule has 5 rings (SSSR count). The van der Waals surface area contributed by atoms with Crippen LogP contribution >= 0.6 is 0 Å². The Labute approximate surface area is 212 Å². The summed E-state index contributed by atoms with van der Waals surface area (Å²) in [6.45, 7) is 3.62. The van der Waals surface area contributed by atoms with E-state index in [9.17, 15) is 9.59 Å². The molecule has 0 radical (unpaired) electrons. The molecule has 2 aromatic carbocycles. The Morgan fingerprint density at radius 1 is 1.16 bits per heavy atom. The lowest BCUT2D eigenvalue weighted by Crippen LogP contribution is -2.25. The molecule has 11 heteroatoms. The summed E-state index contributed by atoms with van der Waals surface area (Å²) in [6, 6.07) is 13.3. The number of hydrogen-bond donors (Lipinski definition) is 2. The first kappa shape index (κ1) is 23.9. The highest BCUT2D eigenvalue weighted by Crippen LogP contribution is 2.42. The number of rotatable bonds is 7. The fraction of sp³-hybridized carbons (Fsp3) is 0.231. The number of ether oxygens (including phenoxy) is 2. The van der Waals surface area contributed by atoms with Gasteiger partial charge in [-0.1, -0.05) is 35.9 Å². The fourth-order valence-electron chi connectivity index (χ4n) is 4.39. The summed E-state index contributed by atoms with van der Waals surface area (Å²) >= 11 is 0. The Balaban J connectivity index is 1.54. The SMILES string of the molecule is COc1cc([C@H]2CC(=O)Nc3c2c(C)nn3-c2nncc(-c3ccc(C)cc3)n2)ccc1OCC(N)=O. The second kappa shape index (κ2) is 9.69. The third-order valence-electron chi connectivity index (χ3n) is 6.15. The van der Waals surface area contributed by atoms with Crippen LogP contribution in [0.15, 0.2) is 48.7 Å². The first-order valence-corrected chi connectivity index (χ1v) is 11.6. The highest BCUT2D eigenvalue weighted by Gasteiger charge is 2.34. The molecule has 0 saturated carbocycles. The topological polar surface area (TPSA) is 147 Å². The number of primary amides is 1. The van der Waals surface area contributed by atoms with Crippen LogP contribution in [0.4, 0.5) is 5.82 Å². The second-order valence-corrected chi connectivity index (χ2v) is 8.74. The maximum atomic E-state index is 12.8. The zero-order valence-corrected chi connectivity index (χ0v) is 20.6. The van der Waals surface area contributed by atoms with E-state index in [-0.39, 0.29) is 30.8 Å². The van der Waals surface area contributed by atoms with Crippen molar-refractivity contribution in [1.29, 1.82) is 0 Å². The molecule has 3 N–H and O–H groups in total. The summed E-state index contributed by atoms with van der Waals surface area (Å²) in [4.78, 5) is 28.6. The molecule has 0 aliphatic carbocycles. The van der Waals surface area contributed by atoms with E-state index in [1.54, 1.807) is 18.3 Å². The van der Waals surface area contributed by atoms with Gasteiger partial charge in [-0.15, -0.1) is 5.10 Å². The molecule has 0 saturated heterocycles. The van der Waals surface area contributed by atoms with Crippen molar-refractivity contribution in [2.45, 2.75) is 26.2 Å². The van der Waals surface area contributed by atoms with Gasteiger partial charge in [-0.05, 0) is 31.5 Å². The van der Waals surface area contributed by atoms with E-state index in [0.717, 1.165) is 27.9 Å². The van der Waals surface area contributed by atoms with Crippen LogP contribution in [-0.2, 0) is 9.59 Å². The van der Waals surface area contributed by atoms with Gasteiger partial charge in [0.25, 0.3) is 11.9 Å². The zero-order valence-electron chi connectivity index (χ0n) is 20.6. The van der Waals surface area contributed by atoms with Gasteiger partial charge in [0.15, 0.2) is 18.1 Å². The number of fused-ring (bicyclic) bond motifs is 1. The van der Waals surface area contributed by atoms with Gasteiger partial charge in [-0.2, -0.15) is 14.9 Å². The van der Waals surface area contributed by atoms with Crippen LogP contribution in [0.1, 0.15) is 34.7 Å². The summed E-state index contributed by atoms with van der Waals surface area (Å²) in [5.74, 6) is 0.482. The number of benzene rings is 2. The molecule has 0 spiro atoms. The number of methoxy groups -OCH3 is 1. The van der Waals surface area contributed by atoms with Crippen LogP contribution in [0.2, 0.25) is 0 Å². The molecule has 0 unspecified atom stereocenters. The number of amides is 2. The van der Waals surface area contributed by atoms with Gasteiger partial charge in [-0.3, -0.25) is 9.59 Å². The first-order valence-electron chi connectivity index (χ1n) is 11.6. The Kier molecular flexibility index (Phi) is 6.26. The van der Waals surface area contributed by atoms with Gasteiger partial charge in [0.05, 0.1) is 24.7 Å². The number of carbonyl (C=O) groups is 2. The Morgan fingerprint density at radius 3 is 2.68 bits per heavy atom. The standard InChI is InChI=1S/C26H25N7O4/c1-14-4-6-16(7-5-14)19-12-28-31-26(29-19)33-25-24(15(2)32-33)18(11-23(35)30-25)17-8-9-20(21(10-17)36-3)37-13-22(27)34/h4-10,12,18H,11,13H2,1-3H3,(H2,27,34)(H,30,35)/t18-/m1/s1. The lowest BCUT2D eigenvalue weighted by atomic mass is 9.85. The molecule has 2 amide bonds. The van der Waals surface area contributed by atoms with Crippen LogP contribution in [0, 0.1) is 13.8 Å². The lowest BCUT2D eigenvalue weighted by Gasteiger charge is -2.25. The summed E-state index contributed by atoms with van der Waals surface area (Å²) in [5, 5.41) is 15.9. The molecule has 37 heavy (non-hydrogen) atoms. The third-order valence-corrected chi connectivity index (χ3v) is 6.15. The minimum absolute atomic E-state index is 0.172. The van der Waals surface area contributed by atoms with Crippen LogP contribution in [0.5, 0.6) is 11.5 Å². The number of nitrogens with one attached hydrogen (secondary N) is 1. The van der Waals surface area contributed by atoms with Gasteiger partial charge >= 0.3 is 0 Å². The average molecular weight is 500 g/mol. The second-order valence-electron chi connectivity index (χ2n) is 8.74. The van der Waals surface area contributed by atoms with Crippen LogP contribution < -0.4 is 20.5 Å². The molecule has 11 nitrogen and oxygen atoms in total. The predicted molar refractivity (Wildman–Crippen MR) is 135 cm³/mol. The van der Waals surface area contributed by atoms with Crippen molar-refractivity contribution in [2.75, 3.05) is 19.0 Å². The number of aryl methyl sites for hydroxylation is 2. The Morgan fingerprint density at radius 2 is 1.95 bits per heavy atom. The highest BCUT2D eigenvalue weighted by molar-refractivity contribution is 5.95. The van der Waals surface area contributed by atoms with E-state index in [0.29, 0.717) is 23.0 Å². The van der Waals surface area contributed by atoms with Gasteiger partial charge in [0.2, 0.25) is 5.91 Å². The van der Waals surface area contributed by atoms with Crippen molar-refractivity contribution in [2.24, 2.45) is 5.73 Å². The molecule has 188 valence electrons. The number of hydrogen-bond acceptors (Lipinski definition) is 8. The minimum atomic E-state index is -0.592. The van der Waals surface area contributed by atoms with E-state index in [2.05, 4.69) is 25.6 Å². The van der Waals surface area contributed by atoms with Gasteiger partial charge < -0.3 is 20.5 Å². The zero-order chi connectivity index (χ0) is 26.1. The van der Waals surface area contributed by atoms with Gasteiger partial charge in [0.1, 0.15) is 5.82 Å². The molecule has 0 fully saturated rings. The normalized spacial score (nSPS) is 14.6. The van der Waals surface area contributed by atoms with Crippen molar-refractivity contribution < 1.29 is 19.1 Å². The van der Waals surface area contributed by atoms with Crippen molar-refractivity contribution in [3.05, 3.63) is 71.0 Å². The van der Waals surface area contributed by atoms with E-state index < -0.39 is 5.91 Å². The van der Waals surface area contributed by atoms with Crippen molar-refractivity contribution in [1.82, 2.24) is 25.0 Å². The van der Waals surface area contributed by atoms with E-state index in [4.69, 9.17) is 15.2 Å². The third kappa shape index (κ3) is 4.70. The van der Waals surface area contributed by atoms with Crippen molar-refractivity contribution in [3.8, 4) is 28.7 Å². The maximum Gasteiger partial charge on any atom is 0.272 e. The summed E-state index contributed by atoms with van der Waals surface area (Å²) < 4.78 is 12.4. The Bertz CT molecular complexity index is 1500. The quantitative estimate of drug-likeness (QED) is 0.394. The number of carbonyl (C=O) groups excluding carboxylic acids is 2. The minimum Gasteiger partial charge on any atom is -0.493 e. The highest BCUT2D eigenvalue weighted by atomic mass is 16.5. The molecule has 1 aliphatic heterocycles. The molecular weight excluding hydrogens is 474 g/mol. The van der Waals surface area contributed by atoms with E-state index >= 15 is 0 Å². The molecule has 2 aromatic heterocycles. The lowest BCUT2D eigenvalue weighted by molar-refractivity contribution is -0.120. The van der Waals surface area contributed by atoms with Gasteiger partial charge in [0, 0.05) is 23.5 Å². The number of nitrogens with two attached hydrogens (primary N) is 1. The number of aromatic nitrogens is 5. The summed E-state index contributed by atoms with van der Waals surface area (Å²) in [6.07, 6.45) is 1.80.